The topological polar surface area (TPSA) is 66.6 Å². The minimum atomic E-state index is -2.82. The molecule has 0 bridgehead atoms. The van der Waals surface area contributed by atoms with Crippen LogP contribution in [-0.4, -0.2) is 41.0 Å². The highest BCUT2D eigenvalue weighted by Crippen LogP contribution is 2.48. The van der Waals surface area contributed by atoms with Crippen LogP contribution >= 0.6 is 0 Å². The van der Waals surface area contributed by atoms with Gasteiger partial charge in [0.2, 0.25) is 5.92 Å². The molecule has 1 saturated carbocycles. The molecule has 0 aromatic heterocycles. The normalized spacial score (nSPS) is 27.1. The molecule has 0 radical (unpaired) electrons. The first-order valence-electron chi connectivity index (χ1n) is 9.45. The molecule has 1 heterocycles. The molecule has 1 saturated heterocycles. The van der Waals surface area contributed by atoms with Crippen molar-refractivity contribution in [3.63, 3.8) is 0 Å². The third-order valence-corrected chi connectivity index (χ3v) is 6.10. The van der Waals surface area contributed by atoms with Crippen molar-refractivity contribution in [3.05, 3.63) is 35.9 Å². The molecule has 2 aliphatic rings. The summed E-state index contributed by atoms with van der Waals surface area (Å²) in [4.78, 5) is 14.9. The molecule has 3 atom stereocenters. The van der Waals surface area contributed by atoms with Gasteiger partial charge in [-0.25, -0.2) is 8.78 Å². The van der Waals surface area contributed by atoms with Crippen molar-refractivity contribution in [2.75, 3.05) is 13.1 Å². The summed E-state index contributed by atoms with van der Waals surface area (Å²) in [6.07, 6.45) is 0.942. The maximum atomic E-state index is 13.8. The van der Waals surface area contributed by atoms with E-state index >= 15 is 0 Å². The molecule has 1 aromatic rings. The quantitative estimate of drug-likeness (QED) is 0.861. The summed E-state index contributed by atoms with van der Waals surface area (Å²) in [6.45, 7) is 2.97. The van der Waals surface area contributed by atoms with Crippen LogP contribution in [-0.2, 0) is 10.4 Å². The lowest BCUT2D eigenvalue weighted by Crippen LogP contribution is -2.54. The Balaban J connectivity index is 1.86. The lowest BCUT2D eigenvalue weighted by atomic mass is 9.78. The van der Waals surface area contributed by atoms with Gasteiger partial charge in [-0.2, -0.15) is 0 Å². The summed E-state index contributed by atoms with van der Waals surface area (Å²) in [5.74, 6) is -3.71. The second-order valence-electron chi connectivity index (χ2n) is 7.92. The zero-order chi connectivity index (χ0) is 18.9. The molecular formula is C20H28F2N2O2. The average Bonchev–Trinajstić information content (AvgIpc) is 3.01. The summed E-state index contributed by atoms with van der Waals surface area (Å²) in [7, 11) is 0. The van der Waals surface area contributed by atoms with Gasteiger partial charge in [0.1, 0.15) is 0 Å². The Morgan fingerprint density at radius 2 is 1.88 bits per heavy atom. The van der Waals surface area contributed by atoms with Crippen LogP contribution in [0.15, 0.2) is 30.3 Å². The van der Waals surface area contributed by atoms with Gasteiger partial charge in [0.15, 0.2) is 5.60 Å². The minimum Gasteiger partial charge on any atom is -0.375 e. The number of alkyl halides is 2. The van der Waals surface area contributed by atoms with E-state index in [1.165, 1.54) is 0 Å². The third-order valence-electron chi connectivity index (χ3n) is 6.10. The van der Waals surface area contributed by atoms with E-state index in [-0.39, 0.29) is 18.9 Å². The molecule has 2 unspecified atom stereocenters. The van der Waals surface area contributed by atoms with Crippen LogP contribution < -0.4 is 5.73 Å². The first-order valence-corrected chi connectivity index (χ1v) is 9.45. The van der Waals surface area contributed by atoms with Gasteiger partial charge >= 0.3 is 0 Å². The van der Waals surface area contributed by atoms with Crippen molar-refractivity contribution < 1.29 is 18.7 Å². The fourth-order valence-electron chi connectivity index (χ4n) is 4.40. The highest BCUT2D eigenvalue weighted by atomic mass is 19.3. The minimum absolute atomic E-state index is 0.0637. The Bertz CT molecular complexity index is 630. The molecule has 3 N–H and O–H groups in total. The molecule has 1 aromatic carbocycles. The highest BCUT2D eigenvalue weighted by Gasteiger charge is 2.54. The number of aliphatic hydroxyl groups is 1. The number of benzene rings is 1. The summed E-state index contributed by atoms with van der Waals surface area (Å²) in [5.41, 5.74) is 4.46. The molecule has 2 fully saturated rings. The number of hydrogen-bond acceptors (Lipinski definition) is 3. The molecule has 6 heteroatoms. The molecular weight excluding hydrogens is 338 g/mol. The van der Waals surface area contributed by atoms with Gasteiger partial charge < -0.3 is 15.7 Å². The Hall–Kier alpha value is -1.53. The Morgan fingerprint density at radius 1 is 1.27 bits per heavy atom. The maximum absolute atomic E-state index is 13.8. The number of carbonyl (C=O) groups is 1. The van der Waals surface area contributed by atoms with Crippen molar-refractivity contribution in [1.29, 1.82) is 0 Å². The number of piperidine rings is 1. The molecule has 3 rings (SSSR count). The third kappa shape index (κ3) is 3.62. The Morgan fingerprint density at radius 3 is 2.38 bits per heavy atom. The average molecular weight is 366 g/mol. The van der Waals surface area contributed by atoms with Gasteiger partial charge in [0.25, 0.3) is 5.91 Å². The van der Waals surface area contributed by atoms with Crippen LogP contribution in [0.25, 0.3) is 0 Å². The van der Waals surface area contributed by atoms with E-state index in [4.69, 9.17) is 5.73 Å². The van der Waals surface area contributed by atoms with Gasteiger partial charge in [0.05, 0.1) is 0 Å². The van der Waals surface area contributed by atoms with Crippen LogP contribution in [0.1, 0.15) is 44.6 Å². The molecule has 4 nitrogen and oxygen atoms in total. The van der Waals surface area contributed by atoms with Crippen LogP contribution in [0.4, 0.5) is 8.78 Å². The van der Waals surface area contributed by atoms with Crippen LogP contribution in [0, 0.1) is 11.8 Å². The number of rotatable bonds is 4. The standard InChI is InChI=1S/C20H28F2N2O2/c1-14(23)15-8-11-24(12-9-15)18(25)20(26,16-5-3-2-4-6-16)17-7-10-19(21,22)13-17/h2-6,14-15,17,26H,7-13,23H2,1H3/t14?,17-,20?/m1/s1. The maximum Gasteiger partial charge on any atom is 0.259 e. The van der Waals surface area contributed by atoms with Gasteiger partial charge in [-0.3, -0.25) is 4.79 Å². The van der Waals surface area contributed by atoms with Crippen molar-refractivity contribution >= 4 is 5.91 Å². The molecule has 144 valence electrons. The fraction of sp³-hybridized carbons (Fsp3) is 0.650. The van der Waals surface area contributed by atoms with E-state index in [0.717, 1.165) is 12.8 Å². The van der Waals surface area contributed by atoms with E-state index in [2.05, 4.69) is 0 Å². The molecule has 0 spiro atoms. The summed E-state index contributed by atoms with van der Waals surface area (Å²) >= 11 is 0. The van der Waals surface area contributed by atoms with Crippen molar-refractivity contribution in [2.45, 2.75) is 56.6 Å². The first-order chi connectivity index (χ1) is 12.2. The number of carbonyl (C=O) groups excluding carboxylic acids is 1. The van der Waals surface area contributed by atoms with Crippen LogP contribution in [0.2, 0.25) is 0 Å². The van der Waals surface area contributed by atoms with Gasteiger partial charge in [0, 0.05) is 37.9 Å². The van der Waals surface area contributed by atoms with E-state index in [1.807, 2.05) is 6.92 Å². The van der Waals surface area contributed by atoms with Crippen LogP contribution in [0.5, 0.6) is 0 Å². The molecule has 1 aliphatic carbocycles. The molecule has 1 aliphatic heterocycles. The Kier molecular flexibility index (Phi) is 5.35. The number of likely N-dealkylation sites (tertiary alicyclic amines) is 1. The van der Waals surface area contributed by atoms with E-state index in [1.54, 1.807) is 35.2 Å². The zero-order valence-electron chi connectivity index (χ0n) is 15.2. The van der Waals surface area contributed by atoms with E-state index in [9.17, 15) is 18.7 Å². The lowest BCUT2D eigenvalue weighted by Gasteiger charge is -2.41. The van der Waals surface area contributed by atoms with Crippen molar-refractivity contribution in [3.8, 4) is 0 Å². The smallest absolute Gasteiger partial charge is 0.259 e. The van der Waals surface area contributed by atoms with E-state index in [0.29, 0.717) is 24.6 Å². The van der Waals surface area contributed by atoms with Gasteiger partial charge in [-0.1, -0.05) is 30.3 Å². The zero-order valence-corrected chi connectivity index (χ0v) is 15.2. The lowest BCUT2D eigenvalue weighted by molar-refractivity contribution is -0.162. The van der Waals surface area contributed by atoms with Crippen molar-refractivity contribution in [1.82, 2.24) is 4.90 Å². The SMILES string of the molecule is CC(N)C1CCN(C(=O)C(O)(c2ccccc2)[C@@H]2CCC(F)(F)C2)CC1. The number of amides is 1. The fourth-order valence-corrected chi connectivity index (χ4v) is 4.40. The first kappa shape index (κ1) is 19.2. The molecule has 26 heavy (non-hydrogen) atoms. The second-order valence-corrected chi connectivity index (χ2v) is 7.92. The largest absolute Gasteiger partial charge is 0.375 e. The predicted octanol–water partition coefficient (Wildman–Crippen LogP) is 2.90. The summed E-state index contributed by atoms with van der Waals surface area (Å²) in [6, 6.07) is 8.61. The summed E-state index contributed by atoms with van der Waals surface area (Å²) in [5, 5.41) is 11.5. The predicted molar refractivity (Wildman–Crippen MR) is 95.6 cm³/mol. The summed E-state index contributed by atoms with van der Waals surface area (Å²) < 4.78 is 27.7. The number of nitrogens with zero attached hydrogens (tertiary/aromatic N) is 1. The second kappa shape index (κ2) is 7.24. The number of nitrogens with two attached hydrogens (primary N) is 1. The Labute approximate surface area is 153 Å². The highest BCUT2D eigenvalue weighted by molar-refractivity contribution is 5.87. The van der Waals surface area contributed by atoms with Gasteiger partial charge in [-0.05, 0) is 37.7 Å². The van der Waals surface area contributed by atoms with Crippen molar-refractivity contribution in [2.24, 2.45) is 17.6 Å². The van der Waals surface area contributed by atoms with Gasteiger partial charge in [-0.15, -0.1) is 0 Å². The van der Waals surface area contributed by atoms with E-state index < -0.39 is 29.8 Å². The number of halogens is 2. The molecule has 1 amide bonds. The van der Waals surface area contributed by atoms with Crippen LogP contribution in [0.3, 0.4) is 0 Å². The monoisotopic (exact) mass is 366 g/mol. The number of hydrogen-bond donors (Lipinski definition) is 2.